The van der Waals surface area contributed by atoms with Gasteiger partial charge >= 0.3 is 0 Å². The quantitative estimate of drug-likeness (QED) is 0.594. The number of nitrogens with one attached hydrogen (secondary N) is 2. The molecule has 0 radical (unpaired) electrons. The molecule has 0 unspecified atom stereocenters. The first-order chi connectivity index (χ1) is 14.7. The van der Waals surface area contributed by atoms with E-state index in [2.05, 4.69) is 16.7 Å². The molecule has 3 aromatic rings. The lowest BCUT2D eigenvalue weighted by atomic mass is 10.1. The summed E-state index contributed by atoms with van der Waals surface area (Å²) in [6, 6.07) is 18.3. The zero-order valence-electron chi connectivity index (χ0n) is 16.4. The number of benzene rings is 2. The highest BCUT2D eigenvalue weighted by molar-refractivity contribution is 6.05. The van der Waals surface area contributed by atoms with Crippen LogP contribution in [-0.4, -0.2) is 25.0 Å². The van der Waals surface area contributed by atoms with Gasteiger partial charge in [0.15, 0.2) is 0 Å². The average Bonchev–Trinajstić information content (AvgIpc) is 3.45. The summed E-state index contributed by atoms with van der Waals surface area (Å²) in [6.45, 7) is 1.16. The Morgan fingerprint density at radius 3 is 2.70 bits per heavy atom. The Labute approximate surface area is 174 Å². The third kappa shape index (κ3) is 4.78. The molecule has 0 saturated heterocycles. The minimum atomic E-state index is -0.375. The van der Waals surface area contributed by atoms with Gasteiger partial charge in [-0.05, 0) is 47.9 Å². The van der Waals surface area contributed by atoms with E-state index in [1.54, 1.807) is 36.4 Å². The van der Waals surface area contributed by atoms with Crippen LogP contribution in [0.5, 0.6) is 5.75 Å². The molecule has 6 nitrogen and oxygen atoms in total. The van der Waals surface area contributed by atoms with E-state index in [9.17, 15) is 9.59 Å². The van der Waals surface area contributed by atoms with E-state index in [0.717, 1.165) is 24.3 Å². The molecule has 4 rings (SSSR count). The first-order valence-corrected chi connectivity index (χ1v) is 9.83. The summed E-state index contributed by atoms with van der Waals surface area (Å²) in [7, 11) is 0. The number of fused-ring (bicyclic) bond motifs is 1. The monoisotopic (exact) mass is 402 g/mol. The lowest BCUT2D eigenvalue weighted by Gasteiger charge is -2.11. The molecule has 1 aliphatic rings. The molecule has 1 aromatic heterocycles. The number of furan rings is 1. The van der Waals surface area contributed by atoms with Crippen molar-refractivity contribution in [2.75, 3.05) is 13.2 Å². The van der Waals surface area contributed by atoms with E-state index in [1.807, 2.05) is 18.2 Å². The Balaban J connectivity index is 1.41. The van der Waals surface area contributed by atoms with Crippen LogP contribution in [0.3, 0.4) is 0 Å². The van der Waals surface area contributed by atoms with Crippen molar-refractivity contribution in [3.63, 3.8) is 0 Å². The van der Waals surface area contributed by atoms with Gasteiger partial charge in [0.25, 0.3) is 11.8 Å². The summed E-state index contributed by atoms with van der Waals surface area (Å²) in [5, 5.41) is 5.56. The number of hydrogen-bond donors (Lipinski definition) is 2. The van der Waals surface area contributed by atoms with Gasteiger partial charge < -0.3 is 19.8 Å². The summed E-state index contributed by atoms with van der Waals surface area (Å²) >= 11 is 0. The zero-order chi connectivity index (χ0) is 20.8. The lowest BCUT2D eigenvalue weighted by Crippen LogP contribution is -2.35. The van der Waals surface area contributed by atoms with Gasteiger partial charge in [-0.25, -0.2) is 0 Å². The molecule has 0 atom stereocenters. The highest BCUT2D eigenvalue weighted by Crippen LogP contribution is 2.25. The van der Waals surface area contributed by atoms with Gasteiger partial charge in [-0.15, -0.1) is 0 Å². The normalized spacial score (nSPS) is 12.7. The fraction of sp³-hybridized carbons (Fsp3) is 0.167. The largest absolute Gasteiger partial charge is 0.493 e. The fourth-order valence-electron chi connectivity index (χ4n) is 3.27. The Morgan fingerprint density at radius 2 is 1.90 bits per heavy atom. The highest BCUT2D eigenvalue weighted by Gasteiger charge is 2.16. The lowest BCUT2D eigenvalue weighted by molar-refractivity contribution is -0.117. The van der Waals surface area contributed by atoms with Gasteiger partial charge in [0.1, 0.15) is 17.2 Å². The van der Waals surface area contributed by atoms with E-state index in [-0.39, 0.29) is 17.5 Å². The summed E-state index contributed by atoms with van der Waals surface area (Å²) in [6.07, 6.45) is 4.62. The van der Waals surface area contributed by atoms with Gasteiger partial charge in [-0.2, -0.15) is 0 Å². The van der Waals surface area contributed by atoms with Crippen molar-refractivity contribution in [1.29, 1.82) is 0 Å². The standard InChI is InChI=1S/C24H22N2O4/c27-23(18-5-2-1-3-6-18)26-21(16-20-7-4-13-29-20)24(28)25-12-10-17-8-9-22-19(15-17)11-14-30-22/h1-9,13,15-16H,10-12,14H2,(H,25,28)(H,26,27)/b21-16-. The molecule has 2 aromatic carbocycles. The van der Waals surface area contributed by atoms with Crippen molar-refractivity contribution in [3.05, 3.63) is 95.1 Å². The molecular weight excluding hydrogens is 380 g/mol. The summed E-state index contributed by atoms with van der Waals surface area (Å²) < 4.78 is 10.8. The zero-order valence-corrected chi connectivity index (χ0v) is 16.4. The second kappa shape index (κ2) is 9.13. The van der Waals surface area contributed by atoms with Crippen molar-refractivity contribution >= 4 is 17.9 Å². The van der Waals surface area contributed by atoms with Crippen molar-refractivity contribution in [2.45, 2.75) is 12.8 Å². The van der Waals surface area contributed by atoms with Gasteiger partial charge in [0.05, 0.1) is 12.9 Å². The third-order valence-electron chi connectivity index (χ3n) is 4.81. The van der Waals surface area contributed by atoms with Crippen LogP contribution in [0.15, 0.2) is 77.0 Å². The van der Waals surface area contributed by atoms with E-state index in [1.165, 1.54) is 17.9 Å². The van der Waals surface area contributed by atoms with Crippen molar-refractivity contribution in [3.8, 4) is 5.75 Å². The van der Waals surface area contributed by atoms with Crippen LogP contribution in [0.4, 0.5) is 0 Å². The fourth-order valence-corrected chi connectivity index (χ4v) is 3.27. The van der Waals surface area contributed by atoms with Crippen LogP contribution in [0.25, 0.3) is 6.08 Å². The van der Waals surface area contributed by atoms with Gasteiger partial charge in [0, 0.05) is 24.6 Å². The second-order valence-electron chi connectivity index (χ2n) is 6.94. The topological polar surface area (TPSA) is 80.6 Å². The highest BCUT2D eigenvalue weighted by atomic mass is 16.5. The molecule has 1 aliphatic heterocycles. The molecule has 2 heterocycles. The minimum absolute atomic E-state index is 0.126. The molecule has 0 aliphatic carbocycles. The Morgan fingerprint density at radius 1 is 1.03 bits per heavy atom. The van der Waals surface area contributed by atoms with Crippen LogP contribution in [0.1, 0.15) is 27.2 Å². The molecule has 6 heteroatoms. The first-order valence-electron chi connectivity index (χ1n) is 9.83. The van der Waals surface area contributed by atoms with Crippen molar-refractivity contribution in [1.82, 2.24) is 10.6 Å². The molecule has 0 fully saturated rings. The predicted molar refractivity (Wildman–Crippen MR) is 113 cm³/mol. The average molecular weight is 402 g/mol. The van der Waals surface area contributed by atoms with Crippen molar-refractivity contribution < 1.29 is 18.7 Å². The van der Waals surface area contributed by atoms with Gasteiger partial charge in [0.2, 0.25) is 0 Å². The van der Waals surface area contributed by atoms with E-state index >= 15 is 0 Å². The number of carbonyl (C=O) groups excluding carboxylic acids is 2. The molecule has 152 valence electrons. The van der Waals surface area contributed by atoms with E-state index in [4.69, 9.17) is 9.15 Å². The third-order valence-corrected chi connectivity index (χ3v) is 4.81. The predicted octanol–water partition coefficient (Wildman–Crippen LogP) is 3.34. The Kier molecular flexibility index (Phi) is 5.94. The maximum Gasteiger partial charge on any atom is 0.267 e. The van der Waals surface area contributed by atoms with Crippen LogP contribution in [-0.2, 0) is 17.6 Å². The molecule has 0 spiro atoms. The SMILES string of the molecule is O=C(NCCc1ccc2c(c1)CCO2)/C(=C/c1ccco1)NC(=O)c1ccccc1. The minimum Gasteiger partial charge on any atom is -0.493 e. The molecule has 2 N–H and O–H groups in total. The summed E-state index contributed by atoms with van der Waals surface area (Å²) in [5.74, 6) is 0.685. The molecular formula is C24H22N2O4. The molecule has 0 bridgehead atoms. The van der Waals surface area contributed by atoms with Gasteiger partial charge in [-0.1, -0.05) is 30.3 Å². The van der Waals surface area contributed by atoms with Gasteiger partial charge in [-0.3, -0.25) is 9.59 Å². The van der Waals surface area contributed by atoms with Crippen LogP contribution >= 0.6 is 0 Å². The van der Waals surface area contributed by atoms with Crippen LogP contribution in [0.2, 0.25) is 0 Å². The number of ether oxygens (including phenoxy) is 1. The smallest absolute Gasteiger partial charge is 0.267 e. The number of amides is 2. The van der Waals surface area contributed by atoms with Crippen LogP contribution in [0, 0.1) is 0 Å². The maximum atomic E-state index is 12.8. The Hall–Kier alpha value is -3.80. The first kappa shape index (κ1) is 19.5. The number of carbonyl (C=O) groups is 2. The van der Waals surface area contributed by atoms with Crippen molar-refractivity contribution in [2.24, 2.45) is 0 Å². The molecule has 30 heavy (non-hydrogen) atoms. The summed E-state index contributed by atoms with van der Waals surface area (Å²) in [4.78, 5) is 25.3. The maximum absolute atomic E-state index is 12.8. The number of rotatable bonds is 7. The number of hydrogen-bond acceptors (Lipinski definition) is 4. The van der Waals surface area contributed by atoms with E-state index < -0.39 is 0 Å². The van der Waals surface area contributed by atoms with Crippen LogP contribution < -0.4 is 15.4 Å². The molecule has 2 amide bonds. The Bertz CT molecular complexity index is 1060. The van der Waals surface area contributed by atoms with E-state index in [0.29, 0.717) is 24.3 Å². The second-order valence-corrected chi connectivity index (χ2v) is 6.94. The molecule has 0 saturated carbocycles. The summed E-state index contributed by atoms with van der Waals surface area (Å²) in [5.41, 5.74) is 2.92.